The van der Waals surface area contributed by atoms with Gasteiger partial charge in [0.1, 0.15) is 6.33 Å². The molecule has 1 atom stereocenters. The van der Waals surface area contributed by atoms with E-state index in [9.17, 15) is 17.2 Å². The van der Waals surface area contributed by atoms with Gasteiger partial charge in [-0.25, -0.2) is 17.2 Å². The lowest BCUT2D eigenvalue weighted by atomic mass is 10.0. The first-order valence-corrected chi connectivity index (χ1v) is 11.6. The van der Waals surface area contributed by atoms with E-state index >= 15 is 0 Å². The first-order valence-electron chi connectivity index (χ1n) is 10.2. The van der Waals surface area contributed by atoms with Crippen LogP contribution in [0.15, 0.2) is 53.7 Å². The Hall–Kier alpha value is -2.85. The zero-order chi connectivity index (χ0) is 23.1. The molecule has 2 heterocycles. The molecular formula is C22H24F2N4O3S. The molecule has 0 N–H and O–H groups in total. The van der Waals surface area contributed by atoms with E-state index in [0.717, 1.165) is 16.4 Å². The summed E-state index contributed by atoms with van der Waals surface area (Å²) in [5.74, 6) is -2.02. The molecule has 3 aromatic rings. The molecule has 0 spiro atoms. The van der Waals surface area contributed by atoms with Gasteiger partial charge in [0.05, 0.1) is 23.2 Å². The molecule has 0 radical (unpaired) electrons. The molecule has 1 unspecified atom stereocenters. The Bertz CT molecular complexity index is 1220. The number of hydrogen-bond acceptors (Lipinski definition) is 5. The number of halogens is 2. The highest BCUT2D eigenvalue weighted by molar-refractivity contribution is 7.93. The second-order valence-electron chi connectivity index (χ2n) is 8.62. The summed E-state index contributed by atoms with van der Waals surface area (Å²) in [6, 6.07) is 9.64. The van der Waals surface area contributed by atoms with Crippen LogP contribution in [0, 0.1) is 11.6 Å². The van der Waals surface area contributed by atoms with Crippen LogP contribution in [0.3, 0.4) is 0 Å². The summed E-state index contributed by atoms with van der Waals surface area (Å²) < 4.78 is 64.5. The first-order chi connectivity index (χ1) is 15.1. The largest absolute Gasteiger partial charge is 0.379 e. The molecule has 1 aliphatic heterocycles. The SMILES string of the molecule is CC(C)(C)N(c1cc(F)c(F)cc1-c1nncn1C1CCOC1)S(=O)(=O)c1ccccc1. The Labute approximate surface area is 185 Å². The van der Waals surface area contributed by atoms with Crippen molar-refractivity contribution in [2.75, 3.05) is 17.5 Å². The highest BCUT2D eigenvalue weighted by atomic mass is 32.2. The molecule has 32 heavy (non-hydrogen) atoms. The summed E-state index contributed by atoms with van der Waals surface area (Å²) in [6.45, 7) is 6.05. The monoisotopic (exact) mass is 462 g/mol. The molecule has 0 amide bonds. The molecule has 0 saturated carbocycles. The van der Waals surface area contributed by atoms with E-state index in [1.807, 2.05) is 0 Å². The molecule has 1 fully saturated rings. The second-order valence-corrected chi connectivity index (χ2v) is 10.4. The number of aromatic nitrogens is 3. The maximum Gasteiger partial charge on any atom is 0.264 e. The summed E-state index contributed by atoms with van der Waals surface area (Å²) in [4.78, 5) is 0.0382. The van der Waals surface area contributed by atoms with Gasteiger partial charge in [-0.05, 0) is 45.4 Å². The van der Waals surface area contributed by atoms with Crippen LogP contribution >= 0.6 is 0 Å². The molecule has 4 rings (SSSR count). The van der Waals surface area contributed by atoms with Gasteiger partial charge in [-0.15, -0.1) is 10.2 Å². The smallest absolute Gasteiger partial charge is 0.264 e. The summed E-state index contributed by atoms with van der Waals surface area (Å²) in [7, 11) is -4.12. The topological polar surface area (TPSA) is 77.3 Å². The quantitative estimate of drug-likeness (QED) is 0.569. The molecule has 170 valence electrons. The molecule has 1 aromatic heterocycles. The van der Waals surface area contributed by atoms with E-state index in [2.05, 4.69) is 10.2 Å². The predicted octanol–water partition coefficient (Wildman–Crippen LogP) is 4.18. The zero-order valence-corrected chi connectivity index (χ0v) is 18.8. The van der Waals surface area contributed by atoms with Crippen molar-refractivity contribution in [3.05, 3.63) is 60.4 Å². The normalized spacial score (nSPS) is 17.0. The molecule has 2 aromatic carbocycles. The predicted molar refractivity (Wildman–Crippen MR) is 116 cm³/mol. The van der Waals surface area contributed by atoms with E-state index in [1.165, 1.54) is 18.5 Å². The van der Waals surface area contributed by atoms with Gasteiger partial charge in [-0.2, -0.15) is 0 Å². The van der Waals surface area contributed by atoms with E-state index in [-0.39, 0.29) is 28.0 Å². The second kappa shape index (κ2) is 8.25. The van der Waals surface area contributed by atoms with Crippen molar-refractivity contribution in [3.63, 3.8) is 0 Å². The molecule has 0 aliphatic carbocycles. The fourth-order valence-corrected chi connectivity index (χ4v) is 5.72. The van der Waals surface area contributed by atoms with Crippen LogP contribution in [0.1, 0.15) is 33.2 Å². The van der Waals surface area contributed by atoms with Crippen LogP contribution in [-0.4, -0.2) is 41.9 Å². The molecule has 0 bridgehead atoms. The third-order valence-electron chi connectivity index (χ3n) is 5.26. The van der Waals surface area contributed by atoms with Gasteiger partial charge in [0.2, 0.25) is 0 Å². The van der Waals surface area contributed by atoms with Crippen molar-refractivity contribution >= 4 is 15.7 Å². The van der Waals surface area contributed by atoms with E-state index < -0.39 is 27.2 Å². The zero-order valence-electron chi connectivity index (χ0n) is 18.0. The Morgan fingerprint density at radius 2 is 1.81 bits per heavy atom. The third kappa shape index (κ3) is 4.00. The van der Waals surface area contributed by atoms with E-state index in [4.69, 9.17) is 4.74 Å². The van der Waals surface area contributed by atoms with Gasteiger partial charge in [-0.1, -0.05) is 18.2 Å². The molecular weight excluding hydrogens is 438 g/mol. The fraction of sp³-hybridized carbons (Fsp3) is 0.364. The van der Waals surface area contributed by atoms with Crippen LogP contribution in [0.25, 0.3) is 11.4 Å². The average molecular weight is 463 g/mol. The van der Waals surface area contributed by atoms with Crippen molar-refractivity contribution < 1.29 is 21.9 Å². The minimum Gasteiger partial charge on any atom is -0.379 e. The number of sulfonamides is 1. The number of rotatable bonds is 5. The maximum atomic E-state index is 14.5. The highest BCUT2D eigenvalue weighted by Crippen LogP contribution is 2.40. The minimum absolute atomic E-state index is 0.0200. The number of benzene rings is 2. The Kier molecular flexibility index (Phi) is 5.76. The Balaban J connectivity index is 1.96. The Morgan fingerprint density at radius 3 is 2.44 bits per heavy atom. The molecule has 1 saturated heterocycles. The van der Waals surface area contributed by atoms with Crippen molar-refractivity contribution in [2.24, 2.45) is 0 Å². The molecule has 10 heteroatoms. The van der Waals surface area contributed by atoms with Crippen LogP contribution < -0.4 is 4.31 Å². The van der Waals surface area contributed by atoms with Gasteiger partial charge in [0.15, 0.2) is 17.5 Å². The van der Waals surface area contributed by atoms with Gasteiger partial charge < -0.3 is 9.30 Å². The van der Waals surface area contributed by atoms with Crippen molar-refractivity contribution in [1.82, 2.24) is 14.8 Å². The van der Waals surface area contributed by atoms with E-state index in [1.54, 1.807) is 43.5 Å². The van der Waals surface area contributed by atoms with Crippen molar-refractivity contribution in [1.29, 1.82) is 0 Å². The van der Waals surface area contributed by atoms with Crippen LogP contribution in [0.4, 0.5) is 14.5 Å². The fourth-order valence-electron chi connectivity index (χ4n) is 3.88. The number of ether oxygens (including phenoxy) is 1. The molecule has 1 aliphatic rings. The van der Waals surface area contributed by atoms with Gasteiger partial charge >= 0.3 is 0 Å². The summed E-state index contributed by atoms with van der Waals surface area (Å²) in [5.41, 5.74) is -0.897. The lowest BCUT2D eigenvalue weighted by molar-refractivity contribution is 0.187. The van der Waals surface area contributed by atoms with Gasteiger partial charge in [-0.3, -0.25) is 4.31 Å². The minimum atomic E-state index is -4.12. The maximum absolute atomic E-state index is 14.5. The van der Waals surface area contributed by atoms with Gasteiger partial charge in [0, 0.05) is 23.8 Å². The average Bonchev–Trinajstić information content (AvgIpc) is 3.41. The summed E-state index contributed by atoms with van der Waals surface area (Å²) in [6.07, 6.45) is 2.20. The molecule has 7 nitrogen and oxygen atoms in total. The van der Waals surface area contributed by atoms with Gasteiger partial charge in [0.25, 0.3) is 10.0 Å². The first kappa shape index (κ1) is 22.3. The number of nitrogens with zero attached hydrogens (tertiary/aromatic N) is 4. The van der Waals surface area contributed by atoms with Crippen molar-refractivity contribution in [2.45, 2.75) is 43.7 Å². The lowest BCUT2D eigenvalue weighted by Gasteiger charge is -2.37. The van der Waals surface area contributed by atoms with Crippen LogP contribution in [0.5, 0.6) is 0 Å². The standard InChI is InChI=1S/C22H24F2N4O3S/c1-22(2,3)28(32(29,30)16-7-5-4-6-8-16)20-12-19(24)18(23)11-17(20)21-26-25-14-27(21)15-9-10-31-13-15/h4-8,11-12,14-15H,9-10,13H2,1-3H3. The Morgan fingerprint density at radius 1 is 1.12 bits per heavy atom. The van der Waals surface area contributed by atoms with Crippen LogP contribution in [0.2, 0.25) is 0 Å². The van der Waals surface area contributed by atoms with Crippen LogP contribution in [-0.2, 0) is 14.8 Å². The van der Waals surface area contributed by atoms with E-state index in [0.29, 0.717) is 19.6 Å². The lowest BCUT2D eigenvalue weighted by Crippen LogP contribution is -2.46. The van der Waals surface area contributed by atoms with Crippen molar-refractivity contribution in [3.8, 4) is 11.4 Å². The number of hydrogen-bond donors (Lipinski definition) is 0. The third-order valence-corrected chi connectivity index (χ3v) is 7.35. The summed E-state index contributed by atoms with van der Waals surface area (Å²) in [5, 5.41) is 8.08. The highest BCUT2D eigenvalue weighted by Gasteiger charge is 2.37. The summed E-state index contributed by atoms with van der Waals surface area (Å²) >= 11 is 0. The number of anilines is 1.